The van der Waals surface area contributed by atoms with E-state index in [1.165, 1.54) is 12.1 Å². The molecule has 0 aliphatic carbocycles. The number of carbonyl (C=O) groups is 2. The first kappa shape index (κ1) is 16.9. The highest BCUT2D eigenvalue weighted by molar-refractivity contribution is 5.80. The molecule has 0 radical (unpaired) electrons. The number of carboxylic acid groups (broad SMARTS) is 1. The van der Waals surface area contributed by atoms with Crippen molar-refractivity contribution in [3.05, 3.63) is 35.6 Å². The van der Waals surface area contributed by atoms with Gasteiger partial charge in [0.05, 0.1) is 19.7 Å². The van der Waals surface area contributed by atoms with Crippen molar-refractivity contribution in [1.29, 1.82) is 0 Å². The Bertz CT molecular complexity index is 607. The molecular weight excluding hydrogens is 315 g/mol. The molecule has 0 aromatic heterocycles. The molecule has 0 bridgehead atoms. The largest absolute Gasteiger partial charge is 0.480 e. The molecule has 1 aromatic rings. The molecular formula is C17H21FN2O4. The molecule has 2 atom stereocenters. The van der Waals surface area contributed by atoms with Gasteiger partial charge in [0, 0.05) is 6.54 Å². The van der Waals surface area contributed by atoms with E-state index < -0.39 is 12.0 Å². The second-order valence-electron chi connectivity index (χ2n) is 6.22. The monoisotopic (exact) mass is 336 g/mol. The Labute approximate surface area is 139 Å². The number of amides is 1. The zero-order chi connectivity index (χ0) is 17.1. The lowest BCUT2D eigenvalue weighted by atomic mass is 10.1. The second-order valence-corrected chi connectivity index (χ2v) is 6.22. The Morgan fingerprint density at radius 3 is 2.71 bits per heavy atom. The molecule has 3 rings (SSSR count). The number of ether oxygens (including phenoxy) is 1. The summed E-state index contributed by atoms with van der Waals surface area (Å²) in [6, 6.07) is 5.51. The smallest absolute Gasteiger partial charge is 0.320 e. The van der Waals surface area contributed by atoms with Crippen LogP contribution < -0.4 is 0 Å². The molecule has 130 valence electrons. The van der Waals surface area contributed by atoms with E-state index in [-0.39, 0.29) is 24.4 Å². The zero-order valence-electron chi connectivity index (χ0n) is 13.4. The van der Waals surface area contributed by atoms with Crippen molar-refractivity contribution >= 4 is 11.9 Å². The SMILES string of the molecule is O=C(O)[C@@H]1CCCN1CC(=O)N1CCO[C@@H](c2ccc(F)cc2)C1. The van der Waals surface area contributed by atoms with Gasteiger partial charge in [0.25, 0.3) is 0 Å². The van der Waals surface area contributed by atoms with Crippen LogP contribution in [-0.2, 0) is 14.3 Å². The van der Waals surface area contributed by atoms with Crippen molar-refractivity contribution in [1.82, 2.24) is 9.80 Å². The first-order chi connectivity index (χ1) is 11.5. The minimum absolute atomic E-state index is 0.0847. The van der Waals surface area contributed by atoms with Crippen LogP contribution in [0.15, 0.2) is 24.3 Å². The quantitative estimate of drug-likeness (QED) is 0.897. The highest BCUT2D eigenvalue weighted by atomic mass is 19.1. The molecule has 1 aromatic carbocycles. The maximum absolute atomic E-state index is 13.0. The van der Waals surface area contributed by atoms with Gasteiger partial charge in [-0.05, 0) is 37.1 Å². The molecule has 2 heterocycles. The van der Waals surface area contributed by atoms with Gasteiger partial charge in [-0.3, -0.25) is 14.5 Å². The highest BCUT2D eigenvalue weighted by Gasteiger charge is 2.34. The predicted octanol–water partition coefficient (Wildman–Crippen LogP) is 1.27. The summed E-state index contributed by atoms with van der Waals surface area (Å²) in [6.07, 6.45) is 1.10. The average Bonchev–Trinajstić information content (AvgIpc) is 3.04. The van der Waals surface area contributed by atoms with Gasteiger partial charge in [0.15, 0.2) is 0 Å². The van der Waals surface area contributed by atoms with Crippen molar-refractivity contribution in [2.45, 2.75) is 25.0 Å². The van der Waals surface area contributed by atoms with Crippen LogP contribution in [0.3, 0.4) is 0 Å². The Morgan fingerprint density at radius 2 is 2.00 bits per heavy atom. The summed E-state index contributed by atoms with van der Waals surface area (Å²) in [4.78, 5) is 27.2. The third-order valence-electron chi connectivity index (χ3n) is 4.65. The normalized spacial score (nSPS) is 25.0. The molecule has 7 heteroatoms. The van der Waals surface area contributed by atoms with Crippen LogP contribution in [0.2, 0.25) is 0 Å². The number of carboxylic acids is 1. The van der Waals surface area contributed by atoms with Crippen LogP contribution in [-0.4, -0.2) is 65.6 Å². The Hall–Kier alpha value is -1.99. The molecule has 1 amide bonds. The van der Waals surface area contributed by atoms with Crippen LogP contribution in [0.1, 0.15) is 24.5 Å². The Morgan fingerprint density at radius 1 is 1.25 bits per heavy atom. The lowest BCUT2D eigenvalue weighted by molar-refractivity contribution is -0.145. The fourth-order valence-corrected chi connectivity index (χ4v) is 3.32. The number of hydrogen-bond donors (Lipinski definition) is 1. The third-order valence-corrected chi connectivity index (χ3v) is 4.65. The average molecular weight is 336 g/mol. The molecule has 2 aliphatic heterocycles. The maximum Gasteiger partial charge on any atom is 0.320 e. The van der Waals surface area contributed by atoms with Crippen molar-refractivity contribution in [3.8, 4) is 0 Å². The predicted molar refractivity (Wildman–Crippen MR) is 83.9 cm³/mol. The number of likely N-dealkylation sites (tertiary alicyclic amines) is 1. The van der Waals surface area contributed by atoms with Crippen molar-refractivity contribution in [3.63, 3.8) is 0 Å². The van der Waals surface area contributed by atoms with Crippen molar-refractivity contribution < 1.29 is 23.8 Å². The molecule has 2 aliphatic rings. The molecule has 0 unspecified atom stereocenters. The number of carbonyl (C=O) groups excluding carboxylic acids is 1. The summed E-state index contributed by atoms with van der Waals surface area (Å²) in [5, 5.41) is 9.20. The minimum atomic E-state index is -0.869. The Balaban J connectivity index is 1.61. The van der Waals surface area contributed by atoms with E-state index in [0.29, 0.717) is 32.7 Å². The maximum atomic E-state index is 13.0. The molecule has 1 N–H and O–H groups in total. The van der Waals surface area contributed by atoms with Crippen LogP contribution in [0.4, 0.5) is 4.39 Å². The summed E-state index contributed by atoms with van der Waals surface area (Å²) >= 11 is 0. The fraction of sp³-hybridized carbons (Fsp3) is 0.529. The van der Waals surface area contributed by atoms with Gasteiger partial charge < -0.3 is 14.7 Å². The summed E-state index contributed by atoms with van der Waals surface area (Å²) in [7, 11) is 0. The van der Waals surface area contributed by atoms with Gasteiger partial charge in [0.1, 0.15) is 18.0 Å². The number of benzene rings is 1. The molecule has 2 saturated heterocycles. The van der Waals surface area contributed by atoms with Crippen molar-refractivity contribution in [2.75, 3.05) is 32.8 Å². The topological polar surface area (TPSA) is 70.1 Å². The van der Waals surface area contributed by atoms with Crippen molar-refractivity contribution in [2.24, 2.45) is 0 Å². The van der Waals surface area contributed by atoms with E-state index >= 15 is 0 Å². The number of nitrogens with zero attached hydrogens (tertiary/aromatic N) is 2. The van der Waals surface area contributed by atoms with E-state index in [2.05, 4.69) is 0 Å². The van der Waals surface area contributed by atoms with E-state index in [1.54, 1.807) is 21.9 Å². The van der Waals surface area contributed by atoms with E-state index in [9.17, 15) is 19.1 Å². The second kappa shape index (κ2) is 7.27. The van der Waals surface area contributed by atoms with Gasteiger partial charge in [-0.15, -0.1) is 0 Å². The standard InChI is InChI=1S/C17H21FN2O4/c18-13-5-3-12(4-6-13)15-10-20(8-9-24-15)16(21)11-19-7-1-2-14(19)17(22)23/h3-6,14-15H,1-2,7-11H2,(H,22,23)/t14-,15+/m0/s1. The van der Waals surface area contributed by atoms with Crippen LogP contribution in [0.25, 0.3) is 0 Å². The van der Waals surface area contributed by atoms with Gasteiger partial charge >= 0.3 is 5.97 Å². The summed E-state index contributed by atoms with van der Waals surface area (Å²) in [6.45, 7) is 2.05. The lowest BCUT2D eigenvalue weighted by Crippen LogP contribution is -2.48. The molecule has 2 fully saturated rings. The molecule has 24 heavy (non-hydrogen) atoms. The minimum Gasteiger partial charge on any atom is -0.480 e. The lowest BCUT2D eigenvalue weighted by Gasteiger charge is -2.34. The van der Waals surface area contributed by atoms with Gasteiger partial charge in [-0.2, -0.15) is 0 Å². The summed E-state index contributed by atoms with van der Waals surface area (Å²) < 4.78 is 18.7. The Kier molecular flexibility index (Phi) is 5.11. The summed E-state index contributed by atoms with van der Waals surface area (Å²) in [5.41, 5.74) is 0.832. The molecule has 6 nitrogen and oxygen atoms in total. The number of rotatable bonds is 4. The van der Waals surface area contributed by atoms with Gasteiger partial charge in [0.2, 0.25) is 5.91 Å². The van der Waals surface area contributed by atoms with Gasteiger partial charge in [-0.1, -0.05) is 12.1 Å². The molecule has 0 saturated carbocycles. The zero-order valence-corrected chi connectivity index (χ0v) is 13.4. The first-order valence-corrected chi connectivity index (χ1v) is 8.16. The number of aliphatic carboxylic acids is 1. The van der Waals surface area contributed by atoms with Gasteiger partial charge in [-0.25, -0.2) is 4.39 Å². The number of hydrogen-bond acceptors (Lipinski definition) is 4. The third kappa shape index (κ3) is 3.73. The molecule has 0 spiro atoms. The fourth-order valence-electron chi connectivity index (χ4n) is 3.32. The van der Waals surface area contributed by atoms with Crippen LogP contribution in [0.5, 0.6) is 0 Å². The van der Waals surface area contributed by atoms with Crippen LogP contribution >= 0.6 is 0 Å². The first-order valence-electron chi connectivity index (χ1n) is 8.16. The van der Waals surface area contributed by atoms with E-state index in [1.807, 2.05) is 0 Å². The van der Waals surface area contributed by atoms with E-state index in [4.69, 9.17) is 4.74 Å². The number of morpholine rings is 1. The summed E-state index contributed by atoms with van der Waals surface area (Å²) in [5.74, 6) is -1.26. The van der Waals surface area contributed by atoms with Crippen LogP contribution in [0, 0.1) is 5.82 Å². The number of halogens is 1. The van der Waals surface area contributed by atoms with E-state index in [0.717, 1.165) is 12.0 Å². The highest BCUT2D eigenvalue weighted by Crippen LogP contribution is 2.23.